The molecule has 0 aromatic carbocycles. The van der Waals surface area contributed by atoms with Crippen LogP contribution in [0, 0.1) is 20.2 Å². The number of nitrogens with zero attached hydrogens (tertiary/aromatic N) is 2. The minimum absolute atomic E-state index is 0.553. The molecule has 0 saturated heterocycles. The van der Waals surface area contributed by atoms with Crippen LogP contribution in [-0.4, -0.2) is 35.1 Å². The molecule has 0 radical (unpaired) electrons. The number of methoxy groups -OCH3 is 1. The second-order valence-electron chi connectivity index (χ2n) is 3.12. The van der Waals surface area contributed by atoms with Crippen molar-refractivity contribution in [2.45, 2.75) is 12.2 Å². The third-order valence-corrected chi connectivity index (χ3v) is 2.12. The summed E-state index contributed by atoms with van der Waals surface area (Å²) in [6.07, 6.45) is -1.07. The molecule has 92 valence electrons. The Morgan fingerprint density at radius 3 is 2.47 bits per heavy atom. The topological polar surface area (TPSA) is 113 Å². The van der Waals surface area contributed by atoms with Gasteiger partial charge in [0.2, 0.25) is 6.17 Å². The zero-order chi connectivity index (χ0) is 13.2. The SMILES string of the molecule is COC(=O)C1=CC([N+](=O)[O-])=CC([N+](=O)[O-])C1F. The molecule has 0 amide bonds. The van der Waals surface area contributed by atoms with E-state index in [4.69, 9.17) is 0 Å². The molecule has 0 spiro atoms. The van der Waals surface area contributed by atoms with Crippen LogP contribution in [-0.2, 0) is 9.53 Å². The van der Waals surface area contributed by atoms with Crippen molar-refractivity contribution < 1.29 is 23.8 Å². The molecular formula is C8H7FN2O6. The standard InChI is InChI=1S/C8H7FN2O6/c1-17-8(12)5-2-4(10(13)14)3-6(7(5)9)11(15)16/h2-3,6-7H,1H3. The molecule has 1 aliphatic rings. The molecule has 0 fully saturated rings. The molecule has 2 unspecified atom stereocenters. The summed E-state index contributed by atoms with van der Waals surface area (Å²) in [5.41, 5.74) is -1.44. The first-order valence-corrected chi connectivity index (χ1v) is 4.32. The fraction of sp³-hybridized carbons (Fsp3) is 0.375. The molecule has 8 nitrogen and oxygen atoms in total. The molecule has 0 heterocycles. The number of ether oxygens (including phenoxy) is 1. The number of carbonyl (C=O) groups is 1. The van der Waals surface area contributed by atoms with Gasteiger partial charge in [0.1, 0.15) is 0 Å². The number of hydrogen-bond acceptors (Lipinski definition) is 6. The molecular weight excluding hydrogens is 239 g/mol. The van der Waals surface area contributed by atoms with Gasteiger partial charge in [0, 0.05) is 11.0 Å². The first kappa shape index (κ1) is 12.7. The molecule has 0 bridgehead atoms. The van der Waals surface area contributed by atoms with Crippen molar-refractivity contribution >= 4 is 5.97 Å². The summed E-state index contributed by atoms with van der Waals surface area (Å²) in [4.78, 5) is 30.1. The summed E-state index contributed by atoms with van der Waals surface area (Å²) < 4.78 is 17.8. The molecule has 17 heavy (non-hydrogen) atoms. The van der Waals surface area contributed by atoms with Gasteiger partial charge >= 0.3 is 5.97 Å². The van der Waals surface area contributed by atoms with Crippen molar-refractivity contribution in [2.75, 3.05) is 7.11 Å². The van der Waals surface area contributed by atoms with Gasteiger partial charge in [0.25, 0.3) is 11.7 Å². The van der Waals surface area contributed by atoms with Crippen LogP contribution in [0.15, 0.2) is 23.4 Å². The molecule has 0 aromatic heterocycles. The van der Waals surface area contributed by atoms with Crippen LogP contribution in [0.25, 0.3) is 0 Å². The minimum Gasteiger partial charge on any atom is -0.466 e. The maximum atomic E-state index is 13.6. The van der Waals surface area contributed by atoms with Crippen molar-refractivity contribution in [3.63, 3.8) is 0 Å². The number of rotatable bonds is 3. The Balaban J connectivity index is 3.21. The van der Waals surface area contributed by atoms with E-state index >= 15 is 0 Å². The molecule has 0 saturated carbocycles. The monoisotopic (exact) mass is 246 g/mol. The molecule has 0 aliphatic heterocycles. The molecule has 1 rings (SSSR count). The van der Waals surface area contributed by atoms with E-state index in [1.165, 1.54) is 0 Å². The summed E-state index contributed by atoms with van der Waals surface area (Å²) in [6.45, 7) is 0. The highest BCUT2D eigenvalue weighted by Gasteiger charge is 2.42. The van der Waals surface area contributed by atoms with Crippen molar-refractivity contribution in [2.24, 2.45) is 0 Å². The molecule has 1 aliphatic carbocycles. The van der Waals surface area contributed by atoms with Gasteiger partial charge in [0.15, 0.2) is 0 Å². The Kier molecular flexibility index (Phi) is 3.51. The maximum absolute atomic E-state index is 13.6. The number of allylic oxidation sites excluding steroid dienone is 1. The Morgan fingerprint density at radius 1 is 1.47 bits per heavy atom. The van der Waals surface area contributed by atoms with Gasteiger partial charge in [0.05, 0.1) is 23.7 Å². The van der Waals surface area contributed by atoms with Gasteiger partial charge in [-0.2, -0.15) is 0 Å². The van der Waals surface area contributed by atoms with Crippen molar-refractivity contribution in [3.05, 3.63) is 43.7 Å². The Morgan fingerprint density at radius 2 is 2.06 bits per heavy atom. The zero-order valence-corrected chi connectivity index (χ0v) is 8.53. The summed E-state index contributed by atoms with van der Waals surface area (Å²) >= 11 is 0. The van der Waals surface area contributed by atoms with Crippen LogP contribution in [0.4, 0.5) is 4.39 Å². The largest absolute Gasteiger partial charge is 0.466 e. The quantitative estimate of drug-likeness (QED) is 0.400. The van der Waals surface area contributed by atoms with E-state index in [1.807, 2.05) is 0 Å². The number of halogens is 1. The van der Waals surface area contributed by atoms with E-state index in [-0.39, 0.29) is 0 Å². The van der Waals surface area contributed by atoms with Gasteiger partial charge in [-0.25, -0.2) is 9.18 Å². The van der Waals surface area contributed by atoms with E-state index in [0.717, 1.165) is 7.11 Å². The molecule has 9 heteroatoms. The first-order chi connectivity index (χ1) is 7.88. The Labute approximate surface area is 93.7 Å². The second kappa shape index (κ2) is 4.68. The van der Waals surface area contributed by atoms with Crippen LogP contribution in [0.2, 0.25) is 0 Å². The van der Waals surface area contributed by atoms with E-state index in [1.54, 1.807) is 0 Å². The highest BCUT2D eigenvalue weighted by molar-refractivity contribution is 5.90. The van der Waals surface area contributed by atoms with Gasteiger partial charge in [-0.1, -0.05) is 0 Å². The van der Waals surface area contributed by atoms with Crippen molar-refractivity contribution in [1.29, 1.82) is 0 Å². The minimum atomic E-state index is -2.26. The third kappa shape index (κ3) is 2.44. The number of carbonyl (C=O) groups excluding carboxylic acids is 1. The Hall–Kier alpha value is -2.32. The lowest BCUT2D eigenvalue weighted by Gasteiger charge is -2.15. The van der Waals surface area contributed by atoms with Crippen LogP contribution in [0.1, 0.15) is 0 Å². The molecule has 2 atom stereocenters. The average Bonchev–Trinajstić information content (AvgIpc) is 2.27. The lowest BCUT2D eigenvalue weighted by Crippen LogP contribution is -2.36. The predicted octanol–water partition coefficient (Wildman–Crippen LogP) is 0.243. The number of alkyl halides is 1. The van der Waals surface area contributed by atoms with E-state index < -0.39 is 39.3 Å². The fourth-order valence-electron chi connectivity index (χ4n) is 1.30. The van der Waals surface area contributed by atoms with Gasteiger partial charge in [-0.05, 0) is 0 Å². The van der Waals surface area contributed by atoms with Gasteiger partial charge < -0.3 is 4.74 Å². The van der Waals surface area contributed by atoms with Gasteiger partial charge in [-0.3, -0.25) is 20.2 Å². The summed E-state index contributed by atoms with van der Waals surface area (Å²) in [5, 5.41) is 21.0. The number of esters is 1. The van der Waals surface area contributed by atoms with Crippen LogP contribution >= 0.6 is 0 Å². The van der Waals surface area contributed by atoms with E-state index in [2.05, 4.69) is 4.74 Å². The highest BCUT2D eigenvalue weighted by atomic mass is 19.1. The number of hydrogen-bond donors (Lipinski definition) is 0. The predicted molar refractivity (Wildman–Crippen MR) is 50.9 cm³/mol. The van der Waals surface area contributed by atoms with E-state index in [0.29, 0.717) is 12.2 Å². The summed E-state index contributed by atoms with van der Waals surface area (Å²) in [7, 11) is 0.946. The zero-order valence-electron chi connectivity index (χ0n) is 8.53. The van der Waals surface area contributed by atoms with E-state index in [9.17, 15) is 29.4 Å². The van der Waals surface area contributed by atoms with Crippen molar-refractivity contribution in [3.8, 4) is 0 Å². The average molecular weight is 246 g/mol. The maximum Gasteiger partial charge on any atom is 0.337 e. The lowest BCUT2D eigenvalue weighted by atomic mass is 9.97. The van der Waals surface area contributed by atoms with Crippen LogP contribution < -0.4 is 0 Å². The number of nitro groups is 2. The molecule has 0 aromatic rings. The van der Waals surface area contributed by atoms with Crippen molar-refractivity contribution in [1.82, 2.24) is 0 Å². The first-order valence-electron chi connectivity index (χ1n) is 4.32. The summed E-state index contributed by atoms with van der Waals surface area (Å²) in [5.74, 6) is -1.17. The Bertz CT molecular complexity index is 443. The second-order valence-corrected chi connectivity index (χ2v) is 3.12. The smallest absolute Gasteiger partial charge is 0.337 e. The normalized spacial score (nSPS) is 23.4. The van der Waals surface area contributed by atoms with Crippen LogP contribution in [0.5, 0.6) is 0 Å². The fourth-order valence-corrected chi connectivity index (χ4v) is 1.30. The highest BCUT2D eigenvalue weighted by Crippen LogP contribution is 2.24. The summed E-state index contributed by atoms with van der Waals surface area (Å²) in [6, 6.07) is -1.96. The van der Waals surface area contributed by atoms with Gasteiger partial charge in [-0.15, -0.1) is 0 Å². The van der Waals surface area contributed by atoms with Crippen LogP contribution in [0.3, 0.4) is 0 Å². The molecule has 0 N–H and O–H groups in total. The lowest BCUT2D eigenvalue weighted by molar-refractivity contribution is -0.518. The third-order valence-electron chi connectivity index (χ3n) is 2.12.